The first kappa shape index (κ1) is 14.7. The number of hydrogen-bond acceptors (Lipinski definition) is 3. The van der Waals surface area contributed by atoms with Crippen molar-refractivity contribution >= 4 is 12.2 Å². The monoisotopic (exact) mass is 288 g/mol. The van der Waals surface area contributed by atoms with Crippen LogP contribution in [0.1, 0.15) is 31.7 Å². The number of aryl methyl sites for hydroxylation is 1. The number of ether oxygens (including phenoxy) is 1. The third-order valence-electron chi connectivity index (χ3n) is 3.14. The van der Waals surface area contributed by atoms with Crippen molar-refractivity contribution in [3.05, 3.63) is 40.3 Å². The molecule has 0 bridgehead atoms. The van der Waals surface area contributed by atoms with E-state index < -0.39 is 0 Å². The van der Waals surface area contributed by atoms with E-state index in [1.54, 1.807) is 0 Å². The molecule has 106 valence electrons. The Morgan fingerprint density at radius 3 is 2.50 bits per heavy atom. The molecular weight excluding hydrogens is 268 g/mol. The molecule has 0 radical (unpaired) electrons. The highest BCUT2D eigenvalue weighted by molar-refractivity contribution is 7.71. The summed E-state index contributed by atoms with van der Waals surface area (Å²) in [5.74, 6) is 1.84. The van der Waals surface area contributed by atoms with E-state index in [1.165, 1.54) is 0 Å². The minimum absolute atomic E-state index is 0.677. The average Bonchev–Trinajstić information content (AvgIpc) is 2.44. The van der Waals surface area contributed by atoms with Crippen molar-refractivity contribution in [3.63, 3.8) is 0 Å². The van der Waals surface area contributed by atoms with E-state index in [2.05, 4.69) is 16.9 Å². The van der Waals surface area contributed by atoms with Crippen LogP contribution in [0, 0.1) is 11.6 Å². The fourth-order valence-electron chi connectivity index (χ4n) is 2.11. The van der Waals surface area contributed by atoms with Crippen LogP contribution in [0.15, 0.2) is 24.3 Å². The van der Waals surface area contributed by atoms with Gasteiger partial charge >= 0.3 is 0 Å². The Balaban J connectivity index is 2.42. The van der Waals surface area contributed by atoms with Crippen LogP contribution in [0.25, 0.3) is 11.3 Å². The standard InChI is InChI=1S/C16H20N2OS/c1-4-6-14-17-15(11(3)16(20)18-14)12-7-9-13(10-8-12)19-5-2/h7-10H,4-6H2,1-3H3,(H,17,18,20). The van der Waals surface area contributed by atoms with Gasteiger partial charge in [-0.2, -0.15) is 0 Å². The predicted molar refractivity (Wildman–Crippen MR) is 84.8 cm³/mol. The Hall–Kier alpha value is -1.68. The summed E-state index contributed by atoms with van der Waals surface area (Å²) in [6.45, 7) is 6.80. The maximum Gasteiger partial charge on any atom is 0.133 e. The molecule has 1 N–H and O–H groups in total. The molecule has 0 aliphatic heterocycles. The number of benzene rings is 1. The van der Waals surface area contributed by atoms with E-state index >= 15 is 0 Å². The molecule has 20 heavy (non-hydrogen) atoms. The van der Waals surface area contributed by atoms with Crippen LogP contribution in [0.4, 0.5) is 0 Å². The molecular formula is C16H20N2OS. The molecule has 1 aromatic carbocycles. The molecule has 0 amide bonds. The number of H-pyrrole nitrogens is 1. The van der Waals surface area contributed by atoms with E-state index in [0.29, 0.717) is 11.2 Å². The van der Waals surface area contributed by atoms with Crippen molar-refractivity contribution in [3.8, 4) is 17.0 Å². The van der Waals surface area contributed by atoms with Gasteiger partial charge in [0.15, 0.2) is 0 Å². The van der Waals surface area contributed by atoms with E-state index in [-0.39, 0.29) is 0 Å². The van der Waals surface area contributed by atoms with Crippen LogP contribution in [0.5, 0.6) is 5.75 Å². The van der Waals surface area contributed by atoms with E-state index in [9.17, 15) is 0 Å². The lowest BCUT2D eigenvalue weighted by atomic mass is 10.1. The first-order valence-electron chi connectivity index (χ1n) is 6.98. The molecule has 2 rings (SSSR count). The number of nitrogens with zero attached hydrogens (tertiary/aromatic N) is 1. The van der Waals surface area contributed by atoms with Gasteiger partial charge in [0.1, 0.15) is 16.2 Å². The molecule has 0 spiro atoms. The Labute approximate surface area is 125 Å². The largest absolute Gasteiger partial charge is 0.494 e. The number of aromatic nitrogens is 2. The van der Waals surface area contributed by atoms with Gasteiger partial charge in [-0.05, 0) is 50.1 Å². The summed E-state index contributed by atoms with van der Waals surface area (Å²) in [4.78, 5) is 7.83. The molecule has 2 aromatic rings. The van der Waals surface area contributed by atoms with Crippen molar-refractivity contribution in [1.29, 1.82) is 0 Å². The van der Waals surface area contributed by atoms with Crippen LogP contribution in [0.3, 0.4) is 0 Å². The molecule has 0 saturated carbocycles. The Morgan fingerprint density at radius 2 is 1.90 bits per heavy atom. The smallest absolute Gasteiger partial charge is 0.133 e. The molecule has 0 unspecified atom stereocenters. The van der Waals surface area contributed by atoms with Gasteiger partial charge in [0.05, 0.1) is 12.3 Å². The molecule has 0 atom stereocenters. The molecule has 1 heterocycles. The second-order valence-electron chi connectivity index (χ2n) is 4.70. The fourth-order valence-corrected chi connectivity index (χ4v) is 2.32. The van der Waals surface area contributed by atoms with Crippen LogP contribution < -0.4 is 4.74 Å². The van der Waals surface area contributed by atoms with Gasteiger partial charge < -0.3 is 9.72 Å². The second kappa shape index (κ2) is 6.66. The maximum atomic E-state index is 5.47. The highest BCUT2D eigenvalue weighted by Gasteiger charge is 2.07. The van der Waals surface area contributed by atoms with Gasteiger partial charge in [0, 0.05) is 12.0 Å². The second-order valence-corrected chi connectivity index (χ2v) is 5.08. The van der Waals surface area contributed by atoms with Crippen molar-refractivity contribution < 1.29 is 4.74 Å². The predicted octanol–water partition coefficient (Wildman–Crippen LogP) is 4.47. The SMILES string of the molecule is CCCc1nc(=S)c(C)c(-c2ccc(OCC)cc2)[nH]1. The van der Waals surface area contributed by atoms with Crippen LogP contribution in [-0.4, -0.2) is 16.6 Å². The molecule has 1 aromatic heterocycles. The molecule has 0 saturated heterocycles. The van der Waals surface area contributed by atoms with Gasteiger partial charge in [-0.1, -0.05) is 19.1 Å². The van der Waals surface area contributed by atoms with Crippen LogP contribution in [0.2, 0.25) is 0 Å². The summed E-state index contributed by atoms with van der Waals surface area (Å²) in [7, 11) is 0. The van der Waals surface area contributed by atoms with Crippen LogP contribution >= 0.6 is 12.2 Å². The zero-order valence-electron chi connectivity index (χ0n) is 12.2. The molecule has 0 aliphatic carbocycles. The summed E-state index contributed by atoms with van der Waals surface area (Å²) >= 11 is 5.35. The average molecular weight is 288 g/mol. The van der Waals surface area contributed by atoms with Gasteiger partial charge in [-0.3, -0.25) is 0 Å². The first-order valence-corrected chi connectivity index (χ1v) is 7.39. The number of rotatable bonds is 5. The zero-order valence-corrected chi connectivity index (χ0v) is 13.0. The Kier molecular flexibility index (Phi) is 4.90. The molecule has 0 aliphatic rings. The topological polar surface area (TPSA) is 37.9 Å². The summed E-state index contributed by atoms with van der Waals surface area (Å²) in [5, 5.41) is 0. The third kappa shape index (κ3) is 3.25. The van der Waals surface area contributed by atoms with Gasteiger partial charge in [0.2, 0.25) is 0 Å². The molecule has 4 heteroatoms. The lowest BCUT2D eigenvalue weighted by Crippen LogP contribution is -2.00. The van der Waals surface area contributed by atoms with Gasteiger partial charge in [-0.25, -0.2) is 4.98 Å². The lowest BCUT2D eigenvalue weighted by Gasteiger charge is -2.10. The van der Waals surface area contributed by atoms with Crippen molar-refractivity contribution in [2.75, 3.05) is 6.61 Å². The van der Waals surface area contributed by atoms with Crippen molar-refractivity contribution in [1.82, 2.24) is 9.97 Å². The van der Waals surface area contributed by atoms with E-state index in [0.717, 1.165) is 41.2 Å². The quantitative estimate of drug-likeness (QED) is 0.825. The number of hydrogen-bond donors (Lipinski definition) is 1. The first-order chi connectivity index (χ1) is 9.65. The summed E-state index contributed by atoms with van der Waals surface area (Å²) in [6, 6.07) is 8.06. The number of aromatic amines is 1. The van der Waals surface area contributed by atoms with Gasteiger partial charge in [-0.15, -0.1) is 0 Å². The number of nitrogens with one attached hydrogen (secondary N) is 1. The molecule has 3 nitrogen and oxygen atoms in total. The molecule has 0 fully saturated rings. The van der Waals surface area contributed by atoms with Gasteiger partial charge in [0.25, 0.3) is 0 Å². The lowest BCUT2D eigenvalue weighted by molar-refractivity contribution is 0.340. The van der Waals surface area contributed by atoms with Crippen molar-refractivity contribution in [2.24, 2.45) is 0 Å². The highest BCUT2D eigenvalue weighted by atomic mass is 32.1. The minimum Gasteiger partial charge on any atom is -0.494 e. The minimum atomic E-state index is 0.677. The van der Waals surface area contributed by atoms with Crippen LogP contribution in [-0.2, 0) is 6.42 Å². The summed E-state index contributed by atoms with van der Waals surface area (Å²) in [6.07, 6.45) is 1.96. The maximum absolute atomic E-state index is 5.47. The Bertz CT molecular complexity index is 632. The Morgan fingerprint density at radius 1 is 1.20 bits per heavy atom. The fraction of sp³-hybridized carbons (Fsp3) is 0.375. The third-order valence-corrected chi connectivity index (χ3v) is 3.54. The normalized spacial score (nSPS) is 10.6. The van der Waals surface area contributed by atoms with E-state index in [1.807, 2.05) is 38.1 Å². The van der Waals surface area contributed by atoms with E-state index in [4.69, 9.17) is 17.0 Å². The summed E-state index contributed by atoms with van der Waals surface area (Å²) < 4.78 is 6.15. The highest BCUT2D eigenvalue weighted by Crippen LogP contribution is 2.24. The van der Waals surface area contributed by atoms with Crippen molar-refractivity contribution in [2.45, 2.75) is 33.6 Å². The zero-order chi connectivity index (χ0) is 14.5. The summed E-state index contributed by atoms with van der Waals surface area (Å²) in [5.41, 5.74) is 3.18.